The average Bonchev–Trinajstić information content (AvgIpc) is 2.56. The molecule has 0 aliphatic carbocycles. The summed E-state index contributed by atoms with van der Waals surface area (Å²) in [6, 6.07) is 0. The van der Waals surface area contributed by atoms with Crippen molar-refractivity contribution >= 4 is 11.7 Å². The molecule has 2 rings (SSSR count). The van der Waals surface area contributed by atoms with Crippen molar-refractivity contribution in [2.75, 3.05) is 39.3 Å². The van der Waals surface area contributed by atoms with Gasteiger partial charge in [-0.3, -0.25) is 14.5 Å². The third-order valence-electron chi connectivity index (χ3n) is 5.50. The van der Waals surface area contributed by atoms with Crippen molar-refractivity contribution in [3.8, 4) is 0 Å². The van der Waals surface area contributed by atoms with Gasteiger partial charge < -0.3 is 10.0 Å². The number of likely N-dealkylation sites (tertiary alicyclic amines) is 2. The summed E-state index contributed by atoms with van der Waals surface area (Å²) in [5.74, 6) is 1.84. The van der Waals surface area contributed by atoms with E-state index in [0.717, 1.165) is 44.9 Å². The molecule has 0 saturated carbocycles. The minimum atomic E-state index is -0.363. The Bertz CT molecular complexity index is 395. The molecule has 1 amide bonds. The lowest BCUT2D eigenvalue weighted by molar-refractivity contribution is -0.135. The molecule has 2 aliphatic rings. The van der Waals surface area contributed by atoms with E-state index in [1.54, 1.807) is 4.90 Å². The van der Waals surface area contributed by atoms with E-state index >= 15 is 0 Å². The molecule has 2 saturated heterocycles. The number of Topliss-reactive ketones (excluding diaryl/α,β-unsaturated/α-hetero) is 1. The van der Waals surface area contributed by atoms with Gasteiger partial charge in [-0.15, -0.1) is 0 Å². The van der Waals surface area contributed by atoms with Crippen LogP contribution in [0.25, 0.3) is 0 Å². The normalized spacial score (nSPS) is 21.8. The van der Waals surface area contributed by atoms with Crippen LogP contribution in [0.1, 0.15) is 46.0 Å². The highest BCUT2D eigenvalue weighted by Crippen LogP contribution is 2.30. The second kappa shape index (κ2) is 8.78. The fraction of sp³-hybridized carbons (Fsp3) is 0.889. The molecule has 0 bridgehead atoms. The lowest BCUT2D eigenvalue weighted by Crippen LogP contribution is -2.41. The third-order valence-corrected chi connectivity index (χ3v) is 5.50. The Labute approximate surface area is 140 Å². The van der Waals surface area contributed by atoms with E-state index < -0.39 is 0 Å². The maximum Gasteiger partial charge on any atom is 0.248 e. The van der Waals surface area contributed by atoms with Gasteiger partial charge in [0, 0.05) is 19.0 Å². The molecule has 23 heavy (non-hydrogen) atoms. The SMILES string of the molecule is CC(C)C(=O)CN1CCC(CC2CCN(C(=O)CO)CC2)CC1. The molecule has 0 aromatic heterocycles. The predicted octanol–water partition coefficient (Wildman–Crippen LogP) is 1.54. The van der Waals surface area contributed by atoms with Crippen LogP contribution in [-0.4, -0.2) is 65.9 Å². The predicted molar refractivity (Wildman–Crippen MR) is 90.0 cm³/mol. The van der Waals surface area contributed by atoms with Gasteiger partial charge in [-0.1, -0.05) is 13.8 Å². The van der Waals surface area contributed by atoms with Crippen molar-refractivity contribution in [2.24, 2.45) is 17.8 Å². The van der Waals surface area contributed by atoms with Gasteiger partial charge in [0.2, 0.25) is 5.91 Å². The number of carbonyl (C=O) groups excluding carboxylic acids is 2. The van der Waals surface area contributed by atoms with E-state index in [4.69, 9.17) is 5.11 Å². The van der Waals surface area contributed by atoms with Crippen LogP contribution in [0.2, 0.25) is 0 Å². The van der Waals surface area contributed by atoms with Gasteiger partial charge in [-0.05, 0) is 57.0 Å². The third kappa shape index (κ3) is 5.57. The summed E-state index contributed by atoms with van der Waals surface area (Å²) in [5.41, 5.74) is 0. The Balaban J connectivity index is 1.65. The number of carbonyl (C=O) groups is 2. The second-order valence-corrected chi connectivity index (χ2v) is 7.56. The number of ketones is 1. The first kappa shape index (κ1) is 18.4. The lowest BCUT2D eigenvalue weighted by Gasteiger charge is -2.36. The van der Waals surface area contributed by atoms with Crippen LogP contribution < -0.4 is 0 Å². The van der Waals surface area contributed by atoms with Crippen molar-refractivity contribution in [1.29, 1.82) is 0 Å². The summed E-state index contributed by atoms with van der Waals surface area (Å²) in [7, 11) is 0. The highest BCUT2D eigenvalue weighted by atomic mass is 16.3. The molecule has 2 heterocycles. The van der Waals surface area contributed by atoms with E-state index in [1.807, 2.05) is 13.8 Å². The van der Waals surface area contributed by atoms with Crippen molar-refractivity contribution in [1.82, 2.24) is 9.80 Å². The average molecular weight is 324 g/mol. The van der Waals surface area contributed by atoms with E-state index in [2.05, 4.69) is 4.90 Å². The molecule has 0 aromatic rings. The molecule has 0 radical (unpaired) electrons. The number of amides is 1. The molecule has 5 heteroatoms. The van der Waals surface area contributed by atoms with Crippen molar-refractivity contribution < 1.29 is 14.7 Å². The minimum Gasteiger partial charge on any atom is -0.387 e. The molecule has 1 N–H and O–H groups in total. The van der Waals surface area contributed by atoms with Crippen molar-refractivity contribution in [2.45, 2.75) is 46.0 Å². The van der Waals surface area contributed by atoms with Crippen LogP contribution in [0, 0.1) is 17.8 Å². The highest BCUT2D eigenvalue weighted by Gasteiger charge is 2.27. The van der Waals surface area contributed by atoms with E-state index in [1.165, 1.54) is 19.3 Å². The molecular weight excluding hydrogens is 292 g/mol. The zero-order valence-electron chi connectivity index (χ0n) is 14.7. The summed E-state index contributed by atoms with van der Waals surface area (Å²) in [6.45, 7) is 7.89. The van der Waals surface area contributed by atoms with Crippen LogP contribution >= 0.6 is 0 Å². The summed E-state index contributed by atoms with van der Waals surface area (Å²) < 4.78 is 0. The molecule has 2 fully saturated rings. The van der Waals surface area contributed by atoms with Gasteiger partial charge in [0.05, 0.1) is 6.54 Å². The monoisotopic (exact) mass is 324 g/mol. The van der Waals surface area contributed by atoms with Crippen LogP contribution in [0.5, 0.6) is 0 Å². The van der Waals surface area contributed by atoms with Crippen molar-refractivity contribution in [3.05, 3.63) is 0 Å². The van der Waals surface area contributed by atoms with Gasteiger partial charge in [0.25, 0.3) is 0 Å². The zero-order chi connectivity index (χ0) is 16.8. The standard InChI is InChI=1S/C18H32N2O3/c1-14(2)17(22)12-19-7-3-15(4-8-19)11-16-5-9-20(10-6-16)18(23)13-21/h14-16,21H,3-13H2,1-2H3. The maximum atomic E-state index is 11.8. The Morgan fingerprint density at radius 3 is 2.00 bits per heavy atom. The van der Waals surface area contributed by atoms with Crippen LogP contribution in [0.3, 0.4) is 0 Å². The molecule has 0 aromatic carbocycles. The summed E-state index contributed by atoms with van der Waals surface area (Å²) in [4.78, 5) is 27.4. The topological polar surface area (TPSA) is 60.9 Å². The highest BCUT2D eigenvalue weighted by molar-refractivity contribution is 5.82. The Morgan fingerprint density at radius 2 is 1.52 bits per heavy atom. The second-order valence-electron chi connectivity index (χ2n) is 7.56. The van der Waals surface area contributed by atoms with Gasteiger partial charge in [0.1, 0.15) is 12.4 Å². The van der Waals surface area contributed by atoms with Crippen LogP contribution in [0.15, 0.2) is 0 Å². The molecule has 5 nitrogen and oxygen atoms in total. The Hall–Kier alpha value is -0.940. The first-order valence-corrected chi connectivity index (χ1v) is 9.13. The number of aliphatic hydroxyl groups excluding tert-OH is 1. The molecule has 0 unspecified atom stereocenters. The first-order chi connectivity index (χ1) is 11.0. The largest absolute Gasteiger partial charge is 0.387 e. The smallest absolute Gasteiger partial charge is 0.248 e. The van der Waals surface area contributed by atoms with E-state index in [-0.39, 0.29) is 18.4 Å². The lowest BCUT2D eigenvalue weighted by atomic mass is 9.82. The number of hydrogen-bond donors (Lipinski definition) is 1. The number of piperidine rings is 2. The molecule has 132 valence electrons. The maximum absolute atomic E-state index is 11.8. The number of nitrogens with zero attached hydrogens (tertiary/aromatic N) is 2. The number of hydrogen-bond acceptors (Lipinski definition) is 4. The quantitative estimate of drug-likeness (QED) is 0.805. The van der Waals surface area contributed by atoms with Crippen molar-refractivity contribution in [3.63, 3.8) is 0 Å². The summed E-state index contributed by atoms with van der Waals surface area (Å²) >= 11 is 0. The fourth-order valence-corrected chi connectivity index (χ4v) is 3.77. The Morgan fingerprint density at radius 1 is 1.00 bits per heavy atom. The van der Waals surface area contributed by atoms with Crippen LogP contribution in [0.4, 0.5) is 0 Å². The summed E-state index contributed by atoms with van der Waals surface area (Å²) in [6.07, 6.45) is 5.78. The number of rotatable bonds is 6. The molecule has 2 aliphatic heterocycles. The van der Waals surface area contributed by atoms with E-state index in [9.17, 15) is 9.59 Å². The molecular formula is C18H32N2O3. The molecule has 0 spiro atoms. The van der Waals surface area contributed by atoms with Gasteiger partial charge in [0.15, 0.2) is 0 Å². The van der Waals surface area contributed by atoms with Gasteiger partial charge in [-0.2, -0.15) is 0 Å². The first-order valence-electron chi connectivity index (χ1n) is 9.13. The minimum absolute atomic E-state index is 0.133. The van der Waals surface area contributed by atoms with E-state index in [0.29, 0.717) is 18.2 Å². The molecule has 0 atom stereocenters. The van der Waals surface area contributed by atoms with Gasteiger partial charge >= 0.3 is 0 Å². The van der Waals surface area contributed by atoms with Gasteiger partial charge in [-0.25, -0.2) is 0 Å². The fourth-order valence-electron chi connectivity index (χ4n) is 3.77. The number of aliphatic hydroxyl groups is 1. The van der Waals surface area contributed by atoms with Crippen LogP contribution in [-0.2, 0) is 9.59 Å². The zero-order valence-corrected chi connectivity index (χ0v) is 14.7. The Kier molecular flexibility index (Phi) is 7.03. The summed E-state index contributed by atoms with van der Waals surface area (Å²) in [5, 5.41) is 8.92.